The summed E-state index contributed by atoms with van der Waals surface area (Å²) in [6.07, 6.45) is 7.38. The van der Waals surface area contributed by atoms with E-state index in [0.29, 0.717) is 0 Å². The summed E-state index contributed by atoms with van der Waals surface area (Å²) in [5.41, 5.74) is 1.07. The Morgan fingerprint density at radius 1 is 1.29 bits per heavy atom. The van der Waals surface area contributed by atoms with Crippen LogP contribution >= 0.6 is 11.8 Å². The van der Waals surface area contributed by atoms with Gasteiger partial charge in [0.15, 0.2) is 0 Å². The number of hydrogen-bond acceptors (Lipinski definition) is 3. The minimum absolute atomic E-state index is 0.118. The molecule has 2 aliphatic rings. The monoisotopic (exact) mass is 304 g/mol. The topological polar surface area (TPSA) is 32.3 Å². The largest absolute Gasteiger partial charge is 0.324 e. The molecule has 0 radical (unpaired) electrons. The van der Waals surface area contributed by atoms with Crippen molar-refractivity contribution in [3.8, 4) is 0 Å². The Labute approximate surface area is 131 Å². The highest BCUT2D eigenvalue weighted by Crippen LogP contribution is 2.42. The number of nitrogens with zero attached hydrogens (tertiary/aromatic N) is 1. The summed E-state index contributed by atoms with van der Waals surface area (Å²) in [4.78, 5) is 14.9. The van der Waals surface area contributed by atoms with Crippen LogP contribution in [0.4, 0.5) is 0 Å². The molecule has 2 fully saturated rings. The molecule has 0 bridgehead atoms. The number of benzene rings is 1. The number of thioether (sulfide) groups is 1. The summed E-state index contributed by atoms with van der Waals surface area (Å²) >= 11 is 1.95. The van der Waals surface area contributed by atoms with Gasteiger partial charge >= 0.3 is 0 Å². The van der Waals surface area contributed by atoms with Crippen LogP contribution in [-0.4, -0.2) is 34.5 Å². The first kappa shape index (κ1) is 14.9. The van der Waals surface area contributed by atoms with E-state index in [4.69, 9.17) is 0 Å². The molecule has 3 rings (SSSR count). The number of hydrogen-bond donors (Lipinski definition) is 1. The molecule has 3 nitrogen and oxygen atoms in total. The van der Waals surface area contributed by atoms with Crippen molar-refractivity contribution in [3.63, 3.8) is 0 Å². The van der Waals surface area contributed by atoms with Crippen LogP contribution in [0.2, 0.25) is 0 Å². The highest BCUT2D eigenvalue weighted by atomic mass is 32.2. The zero-order valence-corrected chi connectivity index (χ0v) is 13.7. The second-order valence-electron chi connectivity index (χ2n) is 6.25. The van der Waals surface area contributed by atoms with Gasteiger partial charge in [0.1, 0.15) is 6.04 Å². The zero-order chi connectivity index (χ0) is 14.9. The molecule has 0 aromatic heterocycles. The minimum Gasteiger partial charge on any atom is -0.324 e. The summed E-state index contributed by atoms with van der Waals surface area (Å²) in [5.74, 6) is 0.231. The molecule has 4 heteroatoms. The molecule has 1 N–H and O–H groups in total. The fraction of sp³-hybridized carbons (Fsp3) is 0.588. The van der Waals surface area contributed by atoms with E-state index in [0.717, 1.165) is 12.1 Å². The summed E-state index contributed by atoms with van der Waals surface area (Å²) < 4.78 is 0.275. The highest BCUT2D eigenvalue weighted by molar-refractivity contribution is 8.00. The Morgan fingerprint density at radius 3 is 2.57 bits per heavy atom. The van der Waals surface area contributed by atoms with Crippen LogP contribution in [0.3, 0.4) is 0 Å². The third-order valence-electron chi connectivity index (χ3n) is 4.94. The fourth-order valence-corrected chi connectivity index (χ4v) is 4.58. The van der Waals surface area contributed by atoms with Crippen molar-refractivity contribution in [1.29, 1.82) is 0 Å². The second-order valence-corrected chi connectivity index (χ2v) is 7.52. The van der Waals surface area contributed by atoms with Gasteiger partial charge in [0, 0.05) is 11.3 Å². The Hall–Kier alpha value is -1.00. The van der Waals surface area contributed by atoms with Crippen LogP contribution in [-0.2, 0) is 4.79 Å². The van der Waals surface area contributed by atoms with Crippen molar-refractivity contribution in [1.82, 2.24) is 10.2 Å². The number of amides is 1. The zero-order valence-electron chi connectivity index (χ0n) is 12.8. The van der Waals surface area contributed by atoms with Gasteiger partial charge in [-0.15, -0.1) is 0 Å². The van der Waals surface area contributed by atoms with Gasteiger partial charge in [0.25, 0.3) is 0 Å². The summed E-state index contributed by atoms with van der Waals surface area (Å²) in [6, 6.07) is 9.88. The average Bonchev–Trinajstić information content (AvgIpc) is 3.09. The molecule has 0 spiro atoms. The molecule has 21 heavy (non-hydrogen) atoms. The van der Waals surface area contributed by atoms with Crippen molar-refractivity contribution in [3.05, 3.63) is 35.9 Å². The van der Waals surface area contributed by atoms with Gasteiger partial charge in [0.2, 0.25) is 5.91 Å². The fourth-order valence-electron chi connectivity index (χ4n) is 3.61. The third kappa shape index (κ3) is 2.84. The van der Waals surface area contributed by atoms with Crippen molar-refractivity contribution in [2.45, 2.75) is 49.6 Å². The number of rotatable bonds is 4. The predicted molar refractivity (Wildman–Crippen MR) is 88.2 cm³/mol. The molecule has 1 heterocycles. The van der Waals surface area contributed by atoms with Gasteiger partial charge in [-0.2, -0.15) is 11.8 Å². The summed E-state index contributed by atoms with van der Waals surface area (Å²) in [7, 11) is 0. The van der Waals surface area contributed by atoms with Gasteiger partial charge in [-0.3, -0.25) is 10.1 Å². The molecule has 2 atom stereocenters. The van der Waals surface area contributed by atoms with Gasteiger partial charge < -0.3 is 4.90 Å². The van der Waals surface area contributed by atoms with Crippen LogP contribution in [0, 0.1) is 0 Å². The molecule has 1 aliphatic heterocycles. The molecular weight excluding hydrogens is 280 g/mol. The molecule has 2 unspecified atom stereocenters. The van der Waals surface area contributed by atoms with Gasteiger partial charge in [0.05, 0.1) is 6.17 Å². The lowest BCUT2D eigenvalue weighted by molar-refractivity contribution is -0.130. The Kier molecular flexibility index (Phi) is 4.27. The Balaban J connectivity index is 1.76. The maximum atomic E-state index is 12.8. The molecular formula is C17H24N2OS. The van der Waals surface area contributed by atoms with E-state index < -0.39 is 0 Å². The van der Waals surface area contributed by atoms with E-state index in [9.17, 15) is 4.79 Å². The van der Waals surface area contributed by atoms with Crippen LogP contribution in [0.15, 0.2) is 30.3 Å². The molecule has 1 saturated heterocycles. The van der Waals surface area contributed by atoms with Crippen molar-refractivity contribution >= 4 is 17.7 Å². The van der Waals surface area contributed by atoms with Crippen molar-refractivity contribution in [2.75, 3.05) is 12.8 Å². The van der Waals surface area contributed by atoms with Crippen LogP contribution in [0.25, 0.3) is 0 Å². The first-order valence-electron chi connectivity index (χ1n) is 7.82. The van der Waals surface area contributed by atoms with E-state index in [1.54, 1.807) is 0 Å². The molecule has 114 valence electrons. The minimum atomic E-state index is -0.179. The lowest BCUT2D eigenvalue weighted by atomic mass is 10.0. The molecule has 1 saturated carbocycles. The molecule has 1 aromatic rings. The Morgan fingerprint density at radius 2 is 1.95 bits per heavy atom. The smallest absolute Gasteiger partial charge is 0.245 e. The average molecular weight is 304 g/mol. The summed E-state index contributed by atoms with van der Waals surface area (Å²) in [6.45, 7) is 2.98. The standard InChI is InChI=1S/C17H24N2OS/c1-13-18-15(14-8-4-3-5-9-14)16(20)19(13)12-17(21-2)10-6-7-11-17/h3-5,8-9,13,15,18H,6-7,10-12H2,1-2H3. The first-order chi connectivity index (χ1) is 10.2. The van der Waals surface area contributed by atoms with Gasteiger partial charge in [-0.05, 0) is 31.6 Å². The molecule has 1 aromatic carbocycles. The highest BCUT2D eigenvalue weighted by Gasteiger charge is 2.43. The van der Waals surface area contributed by atoms with E-state index in [-0.39, 0.29) is 22.9 Å². The molecule has 1 amide bonds. The van der Waals surface area contributed by atoms with E-state index in [1.807, 2.05) is 42.1 Å². The number of nitrogens with one attached hydrogen (secondary N) is 1. The maximum Gasteiger partial charge on any atom is 0.245 e. The molecule has 1 aliphatic carbocycles. The number of carbonyl (C=O) groups excluding carboxylic acids is 1. The van der Waals surface area contributed by atoms with E-state index in [2.05, 4.69) is 23.4 Å². The van der Waals surface area contributed by atoms with Gasteiger partial charge in [-0.25, -0.2) is 0 Å². The van der Waals surface area contributed by atoms with Gasteiger partial charge in [-0.1, -0.05) is 43.2 Å². The number of carbonyl (C=O) groups is 1. The lowest BCUT2D eigenvalue weighted by Crippen LogP contribution is -2.44. The second kappa shape index (κ2) is 6.01. The lowest BCUT2D eigenvalue weighted by Gasteiger charge is -2.33. The first-order valence-corrected chi connectivity index (χ1v) is 9.04. The van der Waals surface area contributed by atoms with Crippen molar-refractivity contribution in [2.24, 2.45) is 0 Å². The van der Waals surface area contributed by atoms with Crippen LogP contribution in [0.1, 0.15) is 44.2 Å². The van der Waals surface area contributed by atoms with Crippen LogP contribution < -0.4 is 5.32 Å². The predicted octanol–water partition coefficient (Wildman–Crippen LogP) is 3.18. The third-order valence-corrected chi connectivity index (χ3v) is 6.35. The normalized spacial score (nSPS) is 28.3. The van der Waals surface area contributed by atoms with Crippen molar-refractivity contribution < 1.29 is 4.79 Å². The summed E-state index contributed by atoms with van der Waals surface area (Å²) in [5, 5.41) is 3.45. The maximum absolute atomic E-state index is 12.8. The van der Waals surface area contributed by atoms with E-state index >= 15 is 0 Å². The SMILES string of the molecule is CSC1(CN2C(=O)C(c3ccccc3)NC2C)CCCC1. The van der Waals surface area contributed by atoms with Crippen LogP contribution in [0.5, 0.6) is 0 Å². The quantitative estimate of drug-likeness (QED) is 0.927. The Bertz CT molecular complexity index is 499. The van der Waals surface area contributed by atoms with E-state index in [1.165, 1.54) is 25.7 Å².